The second-order valence-corrected chi connectivity index (χ2v) is 5.99. The van der Waals surface area contributed by atoms with Crippen LogP contribution in [-0.4, -0.2) is 27.4 Å². The summed E-state index contributed by atoms with van der Waals surface area (Å²) in [4.78, 5) is 21.0. The van der Waals surface area contributed by atoms with Crippen molar-refractivity contribution in [3.8, 4) is 17.0 Å². The SMILES string of the molecule is COc1ccc(-c2cn3cccnc3n2)cc1NC(=O)C1CCC1. The van der Waals surface area contributed by atoms with E-state index in [2.05, 4.69) is 15.3 Å². The van der Waals surface area contributed by atoms with E-state index in [1.807, 2.05) is 41.1 Å². The van der Waals surface area contributed by atoms with E-state index in [1.165, 1.54) is 0 Å². The van der Waals surface area contributed by atoms with Gasteiger partial charge in [0.25, 0.3) is 0 Å². The van der Waals surface area contributed by atoms with Gasteiger partial charge in [-0.1, -0.05) is 6.42 Å². The average molecular weight is 322 g/mol. The summed E-state index contributed by atoms with van der Waals surface area (Å²) < 4.78 is 7.24. The lowest BCUT2D eigenvalue weighted by atomic mass is 9.85. The number of benzene rings is 1. The Kier molecular flexibility index (Phi) is 3.65. The summed E-state index contributed by atoms with van der Waals surface area (Å²) >= 11 is 0. The zero-order chi connectivity index (χ0) is 16.5. The zero-order valence-corrected chi connectivity index (χ0v) is 13.4. The minimum atomic E-state index is 0.0633. The number of imidazole rings is 1. The van der Waals surface area contributed by atoms with Crippen LogP contribution in [0.4, 0.5) is 5.69 Å². The Morgan fingerprint density at radius 2 is 2.25 bits per heavy atom. The molecule has 1 aliphatic carbocycles. The van der Waals surface area contributed by atoms with Gasteiger partial charge in [0, 0.05) is 30.1 Å². The summed E-state index contributed by atoms with van der Waals surface area (Å²) in [5.74, 6) is 1.47. The Labute approximate surface area is 139 Å². The van der Waals surface area contributed by atoms with Crippen molar-refractivity contribution in [1.82, 2.24) is 14.4 Å². The molecule has 6 nitrogen and oxygen atoms in total. The largest absolute Gasteiger partial charge is 0.495 e. The summed E-state index contributed by atoms with van der Waals surface area (Å²) in [5.41, 5.74) is 2.39. The molecule has 2 aromatic heterocycles. The number of carbonyl (C=O) groups excluding carboxylic acids is 1. The molecule has 1 fully saturated rings. The maximum atomic E-state index is 12.3. The number of methoxy groups -OCH3 is 1. The summed E-state index contributed by atoms with van der Waals surface area (Å²) in [6, 6.07) is 7.54. The first-order valence-electron chi connectivity index (χ1n) is 8.03. The molecule has 0 atom stereocenters. The first kappa shape index (κ1) is 14.7. The maximum absolute atomic E-state index is 12.3. The van der Waals surface area contributed by atoms with Crippen LogP contribution in [0.5, 0.6) is 5.75 Å². The Morgan fingerprint density at radius 1 is 1.38 bits per heavy atom. The van der Waals surface area contributed by atoms with Gasteiger partial charge in [-0.3, -0.25) is 9.20 Å². The van der Waals surface area contributed by atoms with Gasteiger partial charge in [-0.05, 0) is 37.1 Å². The third kappa shape index (κ3) is 2.60. The van der Waals surface area contributed by atoms with Crippen LogP contribution in [0.25, 0.3) is 17.0 Å². The van der Waals surface area contributed by atoms with Gasteiger partial charge in [-0.25, -0.2) is 9.97 Å². The fourth-order valence-corrected chi connectivity index (χ4v) is 2.84. The van der Waals surface area contributed by atoms with Gasteiger partial charge in [0.1, 0.15) is 5.75 Å². The highest BCUT2D eigenvalue weighted by Crippen LogP contribution is 2.33. The molecule has 4 rings (SSSR count). The zero-order valence-electron chi connectivity index (χ0n) is 13.4. The van der Waals surface area contributed by atoms with Crippen LogP contribution < -0.4 is 10.1 Å². The van der Waals surface area contributed by atoms with Crippen molar-refractivity contribution in [1.29, 1.82) is 0 Å². The number of ether oxygens (including phenoxy) is 1. The molecule has 1 N–H and O–H groups in total. The number of anilines is 1. The van der Waals surface area contributed by atoms with E-state index in [0.717, 1.165) is 30.5 Å². The highest BCUT2D eigenvalue weighted by Gasteiger charge is 2.26. The molecule has 0 saturated heterocycles. The molecule has 1 aliphatic rings. The highest BCUT2D eigenvalue weighted by atomic mass is 16.5. The van der Waals surface area contributed by atoms with Crippen molar-refractivity contribution < 1.29 is 9.53 Å². The van der Waals surface area contributed by atoms with Gasteiger partial charge < -0.3 is 10.1 Å². The fourth-order valence-electron chi connectivity index (χ4n) is 2.84. The predicted molar refractivity (Wildman–Crippen MR) is 90.9 cm³/mol. The number of aromatic nitrogens is 3. The molecular weight excluding hydrogens is 304 g/mol. The van der Waals surface area contributed by atoms with Gasteiger partial charge in [-0.2, -0.15) is 0 Å². The third-order valence-corrected chi connectivity index (χ3v) is 4.46. The van der Waals surface area contributed by atoms with Crippen LogP contribution in [0.3, 0.4) is 0 Å². The molecule has 1 saturated carbocycles. The van der Waals surface area contributed by atoms with Crippen LogP contribution in [0.15, 0.2) is 42.9 Å². The fraction of sp³-hybridized carbons (Fsp3) is 0.278. The number of carbonyl (C=O) groups is 1. The van der Waals surface area contributed by atoms with E-state index >= 15 is 0 Å². The second-order valence-electron chi connectivity index (χ2n) is 5.99. The summed E-state index contributed by atoms with van der Waals surface area (Å²) in [7, 11) is 1.60. The van der Waals surface area contributed by atoms with E-state index in [4.69, 9.17) is 4.74 Å². The summed E-state index contributed by atoms with van der Waals surface area (Å²) in [5, 5.41) is 2.99. The number of nitrogens with zero attached hydrogens (tertiary/aromatic N) is 3. The molecule has 6 heteroatoms. The van der Waals surface area contributed by atoms with Crippen molar-refractivity contribution in [2.75, 3.05) is 12.4 Å². The molecular formula is C18H18N4O2. The van der Waals surface area contributed by atoms with Crippen molar-refractivity contribution in [2.24, 2.45) is 5.92 Å². The quantitative estimate of drug-likeness (QED) is 0.801. The lowest BCUT2D eigenvalue weighted by molar-refractivity contribution is -0.122. The Hall–Kier alpha value is -2.89. The van der Waals surface area contributed by atoms with Crippen molar-refractivity contribution >= 4 is 17.4 Å². The van der Waals surface area contributed by atoms with Crippen molar-refractivity contribution in [3.63, 3.8) is 0 Å². The number of hydrogen-bond acceptors (Lipinski definition) is 4. The molecule has 1 aromatic carbocycles. The van der Waals surface area contributed by atoms with Gasteiger partial charge >= 0.3 is 0 Å². The minimum Gasteiger partial charge on any atom is -0.495 e. The molecule has 0 spiro atoms. The van der Waals surface area contributed by atoms with Gasteiger partial charge in [0.15, 0.2) is 0 Å². The first-order chi connectivity index (χ1) is 11.7. The molecule has 0 bridgehead atoms. The number of rotatable bonds is 4. The van der Waals surface area contributed by atoms with E-state index < -0.39 is 0 Å². The number of hydrogen-bond donors (Lipinski definition) is 1. The standard InChI is InChI=1S/C18H18N4O2/c1-24-16-7-6-13(10-14(16)20-17(23)12-4-2-5-12)15-11-22-9-3-8-19-18(22)21-15/h3,6-12H,2,4-5H2,1H3,(H,20,23). The molecule has 122 valence electrons. The summed E-state index contributed by atoms with van der Waals surface area (Å²) in [6.45, 7) is 0. The van der Waals surface area contributed by atoms with Crippen molar-refractivity contribution in [3.05, 3.63) is 42.9 Å². The van der Waals surface area contributed by atoms with E-state index in [-0.39, 0.29) is 11.8 Å². The molecule has 0 radical (unpaired) electrons. The van der Waals surface area contributed by atoms with Crippen molar-refractivity contribution in [2.45, 2.75) is 19.3 Å². The lowest BCUT2D eigenvalue weighted by Crippen LogP contribution is -2.28. The minimum absolute atomic E-state index is 0.0633. The Morgan fingerprint density at radius 3 is 2.96 bits per heavy atom. The highest BCUT2D eigenvalue weighted by molar-refractivity contribution is 5.95. The number of fused-ring (bicyclic) bond motifs is 1. The van der Waals surface area contributed by atoms with Crippen LogP contribution in [0.2, 0.25) is 0 Å². The second kappa shape index (κ2) is 5.96. The first-order valence-corrected chi connectivity index (χ1v) is 8.03. The van der Waals surface area contributed by atoms with Gasteiger partial charge in [0.2, 0.25) is 11.7 Å². The van der Waals surface area contributed by atoms with Crippen LogP contribution in [0.1, 0.15) is 19.3 Å². The molecule has 0 unspecified atom stereocenters. The Bertz CT molecular complexity index is 866. The van der Waals surface area contributed by atoms with Gasteiger partial charge in [0.05, 0.1) is 18.5 Å². The molecule has 24 heavy (non-hydrogen) atoms. The molecule has 0 aliphatic heterocycles. The lowest BCUT2D eigenvalue weighted by Gasteiger charge is -2.24. The van der Waals surface area contributed by atoms with E-state index in [9.17, 15) is 4.79 Å². The van der Waals surface area contributed by atoms with Crippen LogP contribution >= 0.6 is 0 Å². The topological polar surface area (TPSA) is 68.5 Å². The van der Waals surface area contributed by atoms with E-state index in [0.29, 0.717) is 17.2 Å². The summed E-state index contributed by atoms with van der Waals surface area (Å²) in [6.07, 6.45) is 8.59. The average Bonchev–Trinajstić information content (AvgIpc) is 2.97. The normalized spacial score (nSPS) is 14.4. The molecule has 2 heterocycles. The molecule has 1 amide bonds. The monoisotopic (exact) mass is 322 g/mol. The Balaban J connectivity index is 1.68. The van der Waals surface area contributed by atoms with Gasteiger partial charge in [-0.15, -0.1) is 0 Å². The predicted octanol–water partition coefficient (Wildman–Crippen LogP) is 3.14. The van der Waals surface area contributed by atoms with Crippen LogP contribution in [-0.2, 0) is 4.79 Å². The van der Waals surface area contributed by atoms with E-state index in [1.54, 1.807) is 13.3 Å². The van der Waals surface area contributed by atoms with Crippen LogP contribution in [0, 0.1) is 5.92 Å². The molecule has 3 aromatic rings. The smallest absolute Gasteiger partial charge is 0.234 e. The third-order valence-electron chi connectivity index (χ3n) is 4.46. The maximum Gasteiger partial charge on any atom is 0.234 e. The number of amides is 1. The number of nitrogens with one attached hydrogen (secondary N) is 1.